The van der Waals surface area contributed by atoms with Gasteiger partial charge < -0.3 is 9.88 Å². The fourth-order valence-electron chi connectivity index (χ4n) is 2.48. The maximum atomic E-state index is 4.68. The molecule has 0 bridgehead atoms. The van der Waals surface area contributed by atoms with Crippen molar-refractivity contribution >= 4 is 11.0 Å². The number of aromatic nitrogens is 4. The Hall–Kier alpha value is -2.14. The molecule has 1 aromatic carbocycles. The summed E-state index contributed by atoms with van der Waals surface area (Å²) in [6.07, 6.45) is 4.86. The van der Waals surface area contributed by atoms with Crippen LogP contribution >= 0.6 is 0 Å². The first kappa shape index (κ1) is 13.8. The molecule has 2 aromatic heterocycles. The second kappa shape index (κ2) is 6.10. The Kier molecular flexibility index (Phi) is 4.01. The summed E-state index contributed by atoms with van der Waals surface area (Å²) in [5.74, 6) is 1.07. The fourth-order valence-corrected chi connectivity index (χ4v) is 2.48. The van der Waals surface area contributed by atoms with Crippen molar-refractivity contribution in [1.82, 2.24) is 24.6 Å². The number of hydrogen-bond acceptors (Lipinski definition) is 3. The van der Waals surface area contributed by atoms with Crippen LogP contribution in [0.15, 0.2) is 42.7 Å². The highest BCUT2D eigenvalue weighted by molar-refractivity contribution is 5.75. The lowest BCUT2D eigenvalue weighted by Crippen LogP contribution is -2.28. The van der Waals surface area contributed by atoms with E-state index in [1.54, 1.807) is 0 Å². The van der Waals surface area contributed by atoms with Crippen molar-refractivity contribution in [3.05, 3.63) is 48.5 Å². The van der Waals surface area contributed by atoms with E-state index in [2.05, 4.69) is 46.1 Å². The second-order valence-corrected chi connectivity index (χ2v) is 5.42. The number of aryl methyl sites for hydroxylation is 2. The first-order valence-corrected chi connectivity index (χ1v) is 7.35. The number of benzene rings is 1. The molecule has 21 heavy (non-hydrogen) atoms. The molecule has 0 saturated carbocycles. The molecular weight excluding hydrogens is 262 g/mol. The molecule has 0 radical (unpaired) electrons. The normalized spacial score (nSPS) is 12.9. The SMILES string of the molecule is C[C@@H](CCn1cccn1)NCc1nc2ccccc2n1C. The van der Waals surface area contributed by atoms with E-state index < -0.39 is 0 Å². The van der Waals surface area contributed by atoms with Crippen molar-refractivity contribution in [2.24, 2.45) is 7.05 Å². The van der Waals surface area contributed by atoms with Crippen LogP contribution in [0.4, 0.5) is 0 Å². The Labute approximate surface area is 124 Å². The number of para-hydroxylation sites is 2. The van der Waals surface area contributed by atoms with Gasteiger partial charge in [0, 0.05) is 32.0 Å². The van der Waals surface area contributed by atoms with Crippen molar-refractivity contribution in [3.63, 3.8) is 0 Å². The van der Waals surface area contributed by atoms with Gasteiger partial charge in [-0.2, -0.15) is 5.10 Å². The van der Waals surface area contributed by atoms with Gasteiger partial charge in [-0.1, -0.05) is 12.1 Å². The van der Waals surface area contributed by atoms with E-state index in [0.29, 0.717) is 6.04 Å². The predicted octanol–water partition coefficient (Wildman–Crippen LogP) is 2.34. The van der Waals surface area contributed by atoms with Gasteiger partial charge in [-0.05, 0) is 31.5 Å². The van der Waals surface area contributed by atoms with E-state index in [1.807, 2.05) is 35.3 Å². The molecule has 5 heteroatoms. The van der Waals surface area contributed by atoms with Gasteiger partial charge in [0.25, 0.3) is 0 Å². The number of nitrogens with zero attached hydrogens (tertiary/aromatic N) is 4. The minimum absolute atomic E-state index is 0.425. The molecule has 5 nitrogen and oxygen atoms in total. The summed E-state index contributed by atoms with van der Waals surface area (Å²) in [6, 6.07) is 10.6. The summed E-state index contributed by atoms with van der Waals surface area (Å²) in [5.41, 5.74) is 2.24. The van der Waals surface area contributed by atoms with Gasteiger partial charge in [0.15, 0.2) is 0 Å². The van der Waals surface area contributed by atoms with E-state index >= 15 is 0 Å². The lowest BCUT2D eigenvalue weighted by molar-refractivity contribution is 0.451. The highest BCUT2D eigenvalue weighted by Gasteiger charge is 2.08. The molecule has 0 spiro atoms. The highest BCUT2D eigenvalue weighted by Crippen LogP contribution is 2.14. The van der Waals surface area contributed by atoms with Crippen LogP contribution < -0.4 is 5.32 Å². The average Bonchev–Trinajstić information content (AvgIpc) is 3.12. The van der Waals surface area contributed by atoms with Crippen molar-refractivity contribution in [3.8, 4) is 0 Å². The topological polar surface area (TPSA) is 47.7 Å². The monoisotopic (exact) mass is 283 g/mol. The molecule has 1 N–H and O–H groups in total. The molecule has 0 unspecified atom stereocenters. The summed E-state index contributed by atoms with van der Waals surface area (Å²) in [5, 5.41) is 7.76. The zero-order chi connectivity index (χ0) is 14.7. The third-order valence-corrected chi connectivity index (χ3v) is 3.84. The third kappa shape index (κ3) is 3.13. The Morgan fingerprint density at radius 2 is 2.10 bits per heavy atom. The molecule has 0 amide bonds. The Morgan fingerprint density at radius 1 is 1.24 bits per heavy atom. The maximum absolute atomic E-state index is 4.68. The van der Waals surface area contributed by atoms with Gasteiger partial charge in [-0.3, -0.25) is 4.68 Å². The van der Waals surface area contributed by atoms with Crippen molar-refractivity contribution in [2.45, 2.75) is 32.5 Å². The lowest BCUT2D eigenvalue weighted by Gasteiger charge is -2.13. The molecule has 3 rings (SSSR count). The largest absolute Gasteiger partial charge is 0.330 e. The number of hydrogen-bond donors (Lipinski definition) is 1. The van der Waals surface area contributed by atoms with Gasteiger partial charge in [-0.25, -0.2) is 4.98 Å². The van der Waals surface area contributed by atoms with Crippen molar-refractivity contribution in [2.75, 3.05) is 0 Å². The molecule has 1 atom stereocenters. The van der Waals surface area contributed by atoms with Crippen LogP contribution in [-0.2, 0) is 20.1 Å². The molecule has 3 aromatic rings. The number of imidazole rings is 1. The molecule has 0 aliphatic carbocycles. The highest BCUT2D eigenvalue weighted by atomic mass is 15.3. The third-order valence-electron chi connectivity index (χ3n) is 3.84. The molecule has 0 saturated heterocycles. The first-order valence-electron chi connectivity index (χ1n) is 7.35. The van der Waals surface area contributed by atoms with Crippen molar-refractivity contribution in [1.29, 1.82) is 0 Å². The summed E-state index contributed by atoms with van der Waals surface area (Å²) >= 11 is 0. The minimum atomic E-state index is 0.425. The Balaban J connectivity index is 1.57. The summed E-state index contributed by atoms with van der Waals surface area (Å²) in [4.78, 5) is 4.68. The predicted molar refractivity (Wildman–Crippen MR) is 83.9 cm³/mol. The van der Waals surface area contributed by atoms with Gasteiger partial charge in [0.2, 0.25) is 0 Å². The van der Waals surface area contributed by atoms with Crippen LogP contribution in [-0.4, -0.2) is 25.4 Å². The van der Waals surface area contributed by atoms with E-state index in [1.165, 1.54) is 5.52 Å². The van der Waals surface area contributed by atoms with E-state index in [9.17, 15) is 0 Å². The average molecular weight is 283 g/mol. The lowest BCUT2D eigenvalue weighted by atomic mass is 10.2. The molecule has 0 aliphatic heterocycles. The number of nitrogens with one attached hydrogen (secondary N) is 1. The standard InChI is InChI=1S/C16H21N5/c1-13(8-11-21-10-5-9-18-21)17-12-16-19-14-6-3-4-7-15(14)20(16)2/h3-7,9-10,13,17H,8,11-12H2,1-2H3/t13-/m0/s1. The van der Waals surface area contributed by atoms with Gasteiger partial charge >= 0.3 is 0 Å². The number of rotatable bonds is 6. The van der Waals surface area contributed by atoms with E-state index in [4.69, 9.17) is 0 Å². The molecule has 0 fully saturated rings. The molecule has 0 aliphatic rings. The van der Waals surface area contributed by atoms with Crippen LogP contribution in [0.2, 0.25) is 0 Å². The van der Waals surface area contributed by atoms with Crippen molar-refractivity contribution < 1.29 is 0 Å². The molecular formula is C16H21N5. The second-order valence-electron chi connectivity index (χ2n) is 5.42. The zero-order valence-corrected chi connectivity index (χ0v) is 12.5. The van der Waals surface area contributed by atoms with Gasteiger partial charge in [-0.15, -0.1) is 0 Å². The number of fused-ring (bicyclic) bond motifs is 1. The summed E-state index contributed by atoms with van der Waals surface area (Å²) < 4.78 is 4.12. The minimum Gasteiger partial charge on any atom is -0.330 e. The smallest absolute Gasteiger partial charge is 0.123 e. The van der Waals surface area contributed by atoms with Crippen LogP contribution in [0.25, 0.3) is 11.0 Å². The van der Waals surface area contributed by atoms with E-state index in [-0.39, 0.29) is 0 Å². The van der Waals surface area contributed by atoms with Crippen LogP contribution in [0.1, 0.15) is 19.2 Å². The quantitative estimate of drug-likeness (QED) is 0.755. The van der Waals surface area contributed by atoms with Gasteiger partial charge in [0.05, 0.1) is 17.6 Å². The van der Waals surface area contributed by atoms with Gasteiger partial charge in [0.1, 0.15) is 5.82 Å². The Morgan fingerprint density at radius 3 is 2.86 bits per heavy atom. The van der Waals surface area contributed by atoms with Crippen LogP contribution in [0.3, 0.4) is 0 Å². The van der Waals surface area contributed by atoms with Crippen LogP contribution in [0, 0.1) is 0 Å². The first-order chi connectivity index (χ1) is 10.2. The zero-order valence-electron chi connectivity index (χ0n) is 12.5. The maximum Gasteiger partial charge on any atom is 0.123 e. The molecule has 2 heterocycles. The molecule has 110 valence electrons. The van der Waals surface area contributed by atoms with Crippen LogP contribution in [0.5, 0.6) is 0 Å². The van der Waals surface area contributed by atoms with E-state index in [0.717, 1.165) is 30.9 Å². The summed E-state index contributed by atoms with van der Waals surface area (Å²) in [7, 11) is 2.07. The fraction of sp³-hybridized carbons (Fsp3) is 0.375. The Bertz CT molecular complexity index is 699. The summed E-state index contributed by atoms with van der Waals surface area (Å²) in [6.45, 7) is 3.92.